The van der Waals surface area contributed by atoms with E-state index in [4.69, 9.17) is 0 Å². The van der Waals surface area contributed by atoms with Crippen molar-refractivity contribution in [2.24, 2.45) is 0 Å². The highest BCUT2D eigenvalue weighted by atomic mass is 19.3. The molecule has 1 aliphatic rings. The zero-order valence-electron chi connectivity index (χ0n) is 12.3. The molecule has 0 heterocycles. The smallest absolute Gasteiger partial charge is 0.340 e. The van der Waals surface area contributed by atoms with Crippen LogP contribution in [0.5, 0.6) is 0 Å². The lowest BCUT2D eigenvalue weighted by Crippen LogP contribution is -2.36. The van der Waals surface area contributed by atoms with Crippen molar-refractivity contribution in [2.75, 3.05) is 6.61 Å². The van der Waals surface area contributed by atoms with Crippen LogP contribution >= 0.6 is 0 Å². The average Bonchev–Trinajstić information content (AvgIpc) is 2.46. The lowest BCUT2D eigenvalue weighted by atomic mass is 9.95. The Labute approximate surface area is 126 Å². The highest BCUT2D eigenvalue weighted by Gasteiger charge is 2.42. The van der Waals surface area contributed by atoms with Gasteiger partial charge in [0.05, 0.1) is 0 Å². The second kappa shape index (κ2) is 8.95. The molecule has 22 heavy (non-hydrogen) atoms. The van der Waals surface area contributed by atoms with E-state index in [-0.39, 0.29) is 31.2 Å². The Hall–Kier alpha value is -1.34. The third-order valence-electron chi connectivity index (χ3n) is 3.50. The van der Waals surface area contributed by atoms with Crippen LogP contribution in [0, 0.1) is 0 Å². The predicted octanol–water partition coefficient (Wildman–Crippen LogP) is 3.05. The zero-order chi connectivity index (χ0) is 16.6. The number of carbonyl (C=O) groups excluding carboxylic acids is 2. The van der Waals surface area contributed by atoms with Gasteiger partial charge in [-0.15, -0.1) is 0 Å². The third-order valence-corrected chi connectivity index (χ3v) is 3.50. The molecule has 1 amide bonds. The van der Waals surface area contributed by atoms with E-state index in [2.05, 4.69) is 10.1 Å². The summed E-state index contributed by atoms with van der Waals surface area (Å²) in [5, 5.41) is 2.85. The fraction of sp³-hybridized carbons (Fsp3) is 0.857. The fourth-order valence-electron chi connectivity index (χ4n) is 2.25. The normalized spacial score (nSPS) is 16.6. The number of hydrogen-bond donors (Lipinski definition) is 1. The second-order valence-electron chi connectivity index (χ2n) is 5.48. The van der Waals surface area contributed by atoms with Crippen LogP contribution in [0.1, 0.15) is 51.4 Å². The highest BCUT2D eigenvalue weighted by molar-refractivity contribution is 5.77. The Bertz CT molecular complexity index is 371. The van der Waals surface area contributed by atoms with Crippen molar-refractivity contribution in [3.63, 3.8) is 0 Å². The first-order valence-electron chi connectivity index (χ1n) is 7.42. The maximum atomic E-state index is 12.5. The number of carbonyl (C=O) groups is 2. The molecule has 1 saturated carbocycles. The van der Waals surface area contributed by atoms with Gasteiger partial charge in [-0.2, -0.15) is 8.78 Å². The summed E-state index contributed by atoms with van der Waals surface area (Å²) in [6, 6.07) is 0.165. The summed E-state index contributed by atoms with van der Waals surface area (Å²) in [6.45, 7) is -1.64. The van der Waals surface area contributed by atoms with Gasteiger partial charge in [0.2, 0.25) is 5.91 Å². The largest absolute Gasteiger partial charge is 0.459 e. The average molecular weight is 327 g/mol. The van der Waals surface area contributed by atoms with E-state index in [0.29, 0.717) is 0 Å². The van der Waals surface area contributed by atoms with Crippen molar-refractivity contribution < 1.29 is 31.9 Å². The summed E-state index contributed by atoms with van der Waals surface area (Å²) in [5.41, 5.74) is 0. The number of amides is 1. The summed E-state index contributed by atoms with van der Waals surface area (Å²) in [4.78, 5) is 22.8. The standard InChI is InChI=1S/C14H21F4NO3/c15-13(16)14(17,18)9-22-12(21)8-4-7-11(20)19-10-5-2-1-3-6-10/h10,13H,1-9H2,(H,19,20). The first kappa shape index (κ1) is 18.7. The molecule has 0 aliphatic heterocycles. The molecule has 0 aromatic heterocycles. The zero-order valence-corrected chi connectivity index (χ0v) is 12.3. The molecule has 128 valence electrons. The molecule has 0 saturated heterocycles. The number of alkyl halides is 4. The van der Waals surface area contributed by atoms with Gasteiger partial charge in [0.25, 0.3) is 0 Å². The number of halogens is 4. The SMILES string of the molecule is O=C(CCCC(=O)OCC(F)(F)C(F)F)NC1CCCCC1. The number of esters is 1. The van der Waals surface area contributed by atoms with Crippen LogP contribution in [0.2, 0.25) is 0 Å². The minimum atomic E-state index is -4.34. The Kier molecular flexibility index (Phi) is 7.61. The van der Waals surface area contributed by atoms with E-state index in [9.17, 15) is 27.2 Å². The molecule has 1 fully saturated rings. The Morgan fingerprint density at radius 1 is 1.14 bits per heavy atom. The van der Waals surface area contributed by atoms with Crippen molar-refractivity contribution in [2.45, 2.75) is 69.8 Å². The highest BCUT2D eigenvalue weighted by Crippen LogP contribution is 2.23. The molecular formula is C14H21F4NO3. The predicted molar refractivity (Wildman–Crippen MR) is 70.8 cm³/mol. The van der Waals surface area contributed by atoms with Gasteiger partial charge in [0.1, 0.15) is 0 Å². The molecule has 0 aromatic rings. The van der Waals surface area contributed by atoms with Crippen LogP contribution in [-0.4, -0.2) is 36.9 Å². The molecule has 8 heteroatoms. The van der Waals surface area contributed by atoms with Gasteiger partial charge in [-0.3, -0.25) is 9.59 Å². The van der Waals surface area contributed by atoms with E-state index in [1.54, 1.807) is 0 Å². The van der Waals surface area contributed by atoms with Crippen molar-refractivity contribution in [3.8, 4) is 0 Å². The van der Waals surface area contributed by atoms with Crippen molar-refractivity contribution in [1.82, 2.24) is 5.32 Å². The topological polar surface area (TPSA) is 55.4 Å². The molecule has 4 nitrogen and oxygen atoms in total. The van der Waals surface area contributed by atoms with Crippen molar-refractivity contribution >= 4 is 11.9 Å². The van der Waals surface area contributed by atoms with Gasteiger partial charge in [-0.25, -0.2) is 8.78 Å². The molecule has 0 unspecified atom stereocenters. The quantitative estimate of drug-likeness (QED) is 0.551. The monoisotopic (exact) mass is 327 g/mol. The lowest BCUT2D eigenvalue weighted by molar-refractivity contribution is -0.179. The van der Waals surface area contributed by atoms with Crippen LogP contribution < -0.4 is 5.32 Å². The van der Waals surface area contributed by atoms with Crippen LogP contribution in [0.25, 0.3) is 0 Å². The lowest BCUT2D eigenvalue weighted by Gasteiger charge is -2.22. The van der Waals surface area contributed by atoms with Gasteiger partial charge in [-0.1, -0.05) is 19.3 Å². The Balaban J connectivity index is 2.12. The number of nitrogens with one attached hydrogen (secondary N) is 1. The molecule has 0 spiro atoms. The van der Waals surface area contributed by atoms with Gasteiger partial charge >= 0.3 is 18.3 Å². The van der Waals surface area contributed by atoms with Crippen LogP contribution in [0.15, 0.2) is 0 Å². The van der Waals surface area contributed by atoms with Crippen molar-refractivity contribution in [3.05, 3.63) is 0 Å². The van der Waals surface area contributed by atoms with Crippen LogP contribution in [-0.2, 0) is 14.3 Å². The van der Waals surface area contributed by atoms with Crippen molar-refractivity contribution in [1.29, 1.82) is 0 Å². The number of rotatable bonds is 8. The summed E-state index contributed by atoms with van der Waals surface area (Å²) in [6.07, 6.45) is 1.30. The maximum absolute atomic E-state index is 12.5. The Morgan fingerprint density at radius 3 is 2.36 bits per heavy atom. The fourth-order valence-corrected chi connectivity index (χ4v) is 2.25. The van der Waals surface area contributed by atoms with E-state index in [1.165, 1.54) is 6.42 Å². The third kappa shape index (κ3) is 7.09. The Morgan fingerprint density at radius 2 is 1.77 bits per heavy atom. The molecule has 0 radical (unpaired) electrons. The molecule has 0 bridgehead atoms. The molecule has 0 atom stereocenters. The molecule has 0 aromatic carbocycles. The minimum absolute atomic E-state index is 0.0802. The molecule has 1 rings (SSSR count). The van der Waals surface area contributed by atoms with E-state index in [1.807, 2.05) is 0 Å². The molecule has 1 aliphatic carbocycles. The first-order valence-corrected chi connectivity index (χ1v) is 7.42. The van der Waals surface area contributed by atoms with Gasteiger partial charge < -0.3 is 10.1 Å². The second-order valence-corrected chi connectivity index (χ2v) is 5.48. The maximum Gasteiger partial charge on any atom is 0.340 e. The summed E-state index contributed by atoms with van der Waals surface area (Å²) < 4.78 is 52.9. The molecule has 1 N–H and O–H groups in total. The first-order chi connectivity index (χ1) is 10.3. The van der Waals surface area contributed by atoms with Crippen LogP contribution in [0.4, 0.5) is 17.6 Å². The number of ether oxygens (including phenoxy) is 1. The summed E-state index contributed by atoms with van der Waals surface area (Å²) in [5.74, 6) is -5.54. The summed E-state index contributed by atoms with van der Waals surface area (Å²) >= 11 is 0. The number of hydrogen-bond acceptors (Lipinski definition) is 3. The van der Waals surface area contributed by atoms with Gasteiger partial charge in [0.15, 0.2) is 6.61 Å². The molecular weight excluding hydrogens is 306 g/mol. The van der Waals surface area contributed by atoms with E-state index < -0.39 is 24.9 Å². The van der Waals surface area contributed by atoms with Gasteiger partial charge in [-0.05, 0) is 19.3 Å². The van der Waals surface area contributed by atoms with E-state index in [0.717, 1.165) is 25.7 Å². The van der Waals surface area contributed by atoms with Crippen LogP contribution in [0.3, 0.4) is 0 Å². The van der Waals surface area contributed by atoms with E-state index >= 15 is 0 Å². The minimum Gasteiger partial charge on any atom is -0.459 e. The van der Waals surface area contributed by atoms with Gasteiger partial charge in [0, 0.05) is 18.9 Å². The summed E-state index contributed by atoms with van der Waals surface area (Å²) in [7, 11) is 0.